The summed E-state index contributed by atoms with van der Waals surface area (Å²) in [6.45, 7) is 2.64. The van der Waals surface area contributed by atoms with Gasteiger partial charge in [0.15, 0.2) is 0 Å². The molecule has 0 aliphatic carbocycles. The van der Waals surface area contributed by atoms with Crippen LogP contribution in [0, 0.1) is 0 Å². The molecule has 0 saturated carbocycles. The van der Waals surface area contributed by atoms with Gasteiger partial charge in [-0.25, -0.2) is 0 Å². The molecule has 1 atom stereocenters. The van der Waals surface area contributed by atoms with Crippen LogP contribution in [-0.2, 0) is 10.3 Å². The van der Waals surface area contributed by atoms with Crippen LogP contribution < -0.4 is 5.73 Å². The minimum Gasteiger partial charge on any atom is -0.382 e. The van der Waals surface area contributed by atoms with E-state index in [0.717, 1.165) is 12.0 Å². The van der Waals surface area contributed by atoms with Gasteiger partial charge in [-0.05, 0) is 12.0 Å². The Labute approximate surface area is 79.7 Å². The van der Waals surface area contributed by atoms with Gasteiger partial charge in [0, 0.05) is 7.11 Å². The van der Waals surface area contributed by atoms with Crippen molar-refractivity contribution in [2.45, 2.75) is 18.9 Å². The second-order valence-electron chi connectivity index (χ2n) is 3.31. The van der Waals surface area contributed by atoms with Crippen molar-refractivity contribution in [3.63, 3.8) is 0 Å². The first kappa shape index (κ1) is 10.2. The quantitative estimate of drug-likeness (QED) is 0.766. The minimum atomic E-state index is -0.337. The maximum atomic E-state index is 6.20. The minimum absolute atomic E-state index is 0.337. The van der Waals surface area contributed by atoms with Gasteiger partial charge in [0.2, 0.25) is 0 Å². The van der Waals surface area contributed by atoms with Crippen molar-refractivity contribution >= 4 is 0 Å². The SMILES string of the molecule is CCC(N)(COC)c1ccccc1. The molecule has 0 heterocycles. The number of hydrogen-bond donors (Lipinski definition) is 1. The fraction of sp³-hybridized carbons (Fsp3) is 0.455. The molecule has 72 valence electrons. The largest absolute Gasteiger partial charge is 0.382 e. The molecule has 0 aliphatic heterocycles. The van der Waals surface area contributed by atoms with Gasteiger partial charge in [-0.2, -0.15) is 0 Å². The summed E-state index contributed by atoms with van der Waals surface area (Å²) in [5.41, 5.74) is 7.01. The van der Waals surface area contributed by atoms with Crippen LogP contribution in [0.2, 0.25) is 0 Å². The summed E-state index contributed by atoms with van der Waals surface area (Å²) in [5.74, 6) is 0. The zero-order chi connectivity index (χ0) is 9.73. The molecular weight excluding hydrogens is 162 g/mol. The predicted octanol–water partition coefficient (Wildman–Crippen LogP) is 1.90. The van der Waals surface area contributed by atoms with Crippen molar-refractivity contribution in [1.29, 1.82) is 0 Å². The Morgan fingerprint density at radius 3 is 2.38 bits per heavy atom. The van der Waals surface area contributed by atoms with Crippen molar-refractivity contribution < 1.29 is 4.74 Å². The Morgan fingerprint density at radius 2 is 1.92 bits per heavy atom. The summed E-state index contributed by atoms with van der Waals surface area (Å²) < 4.78 is 5.13. The van der Waals surface area contributed by atoms with Crippen molar-refractivity contribution in [2.24, 2.45) is 5.73 Å². The molecule has 0 fully saturated rings. The predicted molar refractivity (Wildman–Crippen MR) is 54.5 cm³/mol. The summed E-state index contributed by atoms with van der Waals surface area (Å²) in [6.07, 6.45) is 0.880. The Bertz CT molecular complexity index is 248. The summed E-state index contributed by atoms with van der Waals surface area (Å²) in [5, 5.41) is 0. The first-order valence-electron chi connectivity index (χ1n) is 4.56. The molecule has 13 heavy (non-hydrogen) atoms. The fourth-order valence-electron chi connectivity index (χ4n) is 1.42. The third-order valence-electron chi connectivity index (χ3n) is 2.38. The van der Waals surface area contributed by atoms with E-state index in [4.69, 9.17) is 10.5 Å². The van der Waals surface area contributed by atoms with E-state index in [0.29, 0.717) is 6.61 Å². The molecule has 1 rings (SSSR count). The van der Waals surface area contributed by atoms with Gasteiger partial charge in [-0.15, -0.1) is 0 Å². The zero-order valence-electron chi connectivity index (χ0n) is 8.29. The molecule has 0 amide bonds. The topological polar surface area (TPSA) is 35.2 Å². The molecule has 0 bridgehead atoms. The maximum absolute atomic E-state index is 6.20. The molecule has 0 aromatic heterocycles. The van der Waals surface area contributed by atoms with Crippen LogP contribution in [0.25, 0.3) is 0 Å². The van der Waals surface area contributed by atoms with Crippen molar-refractivity contribution in [3.8, 4) is 0 Å². The molecule has 0 aliphatic rings. The number of methoxy groups -OCH3 is 1. The smallest absolute Gasteiger partial charge is 0.0684 e. The van der Waals surface area contributed by atoms with E-state index in [2.05, 4.69) is 6.92 Å². The number of ether oxygens (including phenoxy) is 1. The third-order valence-corrected chi connectivity index (χ3v) is 2.38. The zero-order valence-corrected chi connectivity index (χ0v) is 8.29. The normalized spacial score (nSPS) is 15.3. The fourth-order valence-corrected chi connectivity index (χ4v) is 1.42. The molecular formula is C11H17NO. The van der Waals surface area contributed by atoms with Crippen LogP contribution >= 0.6 is 0 Å². The molecule has 1 aromatic carbocycles. The Kier molecular flexibility index (Phi) is 3.46. The van der Waals surface area contributed by atoms with E-state index in [1.54, 1.807) is 7.11 Å². The van der Waals surface area contributed by atoms with Gasteiger partial charge in [-0.1, -0.05) is 37.3 Å². The summed E-state index contributed by atoms with van der Waals surface area (Å²) >= 11 is 0. The lowest BCUT2D eigenvalue weighted by molar-refractivity contribution is 0.129. The lowest BCUT2D eigenvalue weighted by atomic mass is 9.89. The molecule has 2 N–H and O–H groups in total. The van der Waals surface area contributed by atoms with Crippen molar-refractivity contribution in [3.05, 3.63) is 35.9 Å². The average molecular weight is 179 g/mol. The van der Waals surface area contributed by atoms with Crippen LogP contribution in [-0.4, -0.2) is 13.7 Å². The Balaban J connectivity index is 2.89. The maximum Gasteiger partial charge on any atom is 0.0684 e. The second-order valence-corrected chi connectivity index (χ2v) is 3.31. The van der Waals surface area contributed by atoms with Crippen molar-refractivity contribution in [1.82, 2.24) is 0 Å². The van der Waals surface area contributed by atoms with Crippen LogP contribution in [0.15, 0.2) is 30.3 Å². The van der Waals surface area contributed by atoms with Crippen molar-refractivity contribution in [2.75, 3.05) is 13.7 Å². The highest BCUT2D eigenvalue weighted by atomic mass is 16.5. The van der Waals surface area contributed by atoms with E-state index in [1.165, 1.54) is 0 Å². The third kappa shape index (κ3) is 2.29. The average Bonchev–Trinajstić information content (AvgIpc) is 2.19. The lowest BCUT2D eigenvalue weighted by Crippen LogP contribution is -2.40. The monoisotopic (exact) mass is 179 g/mol. The van der Waals surface area contributed by atoms with E-state index in [1.807, 2.05) is 30.3 Å². The molecule has 1 aromatic rings. The van der Waals surface area contributed by atoms with Gasteiger partial charge in [0.25, 0.3) is 0 Å². The highest BCUT2D eigenvalue weighted by Crippen LogP contribution is 2.21. The number of nitrogens with two attached hydrogens (primary N) is 1. The van der Waals surface area contributed by atoms with Gasteiger partial charge in [0.05, 0.1) is 12.1 Å². The van der Waals surface area contributed by atoms with Gasteiger partial charge in [-0.3, -0.25) is 0 Å². The molecule has 0 radical (unpaired) electrons. The summed E-state index contributed by atoms with van der Waals surface area (Å²) in [6, 6.07) is 10.1. The van der Waals surface area contributed by atoms with E-state index >= 15 is 0 Å². The Hall–Kier alpha value is -0.860. The highest BCUT2D eigenvalue weighted by Gasteiger charge is 2.24. The number of hydrogen-bond acceptors (Lipinski definition) is 2. The Morgan fingerprint density at radius 1 is 1.31 bits per heavy atom. The van der Waals surface area contributed by atoms with E-state index < -0.39 is 0 Å². The van der Waals surface area contributed by atoms with Crippen LogP contribution in [0.5, 0.6) is 0 Å². The van der Waals surface area contributed by atoms with Crippen LogP contribution in [0.3, 0.4) is 0 Å². The first-order valence-corrected chi connectivity index (χ1v) is 4.56. The summed E-state index contributed by atoms with van der Waals surface area (Å²) in [7, 11) is 1.68. The number of rotatable bonds is 4. The summed E-state index contributed by atoms with van der Waals surface area (Å²) in [4.78, 5) is 0. The second kappa shape index (κ2) is 4.40. The van der Waals surface area contributed by atoms with E-state index in [-0.39, 0.29) is 5.54 Å². The standard InChI is InChI=1S/C11H17NO/c1-3-11(12,9-13-2)10-7-5-4-6-8-10/h4-8H,3,9,12H2,1-2H3. The highest BCUT2D eigenvalue weighted by molar-refractivity contribution is 5.23. The van der Waals surface area contributed by atoms with Gasteiger partial charge in [0.1, 0.15) is 0 Å². The van der Waals surface area contributed by atoms with Crippen LogP contribution in [0.1, 0.15) is 18.9 Å². The van der Waals surface area contributed by atoms with Gasteiger partial charge < -0.3 is 10.5 Å². The van der Waals surface area contributed by atoms with E-state index in [9.17, 15) is 0 Å². The molecule has 1 unspecified atom stereocenters. The first-order chi connectivity index (χ1) is 6.23. The molecule has 0 saturated heterocycles. The lowest BCUT2D eigenvalue weighted by Gasteiger charge is -2.27. The molecule has 2 nitrogen and oxygen atoms in total. The van der Waals surface area contributed by atoms with Crippen LogP contribution in [0.4, 0.5) is 0 Å². The molecule has 2 heteroatoms. The van der Waals surface area contributed by atoms with Gasteiger partial charge >= 0.3 is 0 Å². The number of benzene rings is 1. The molecule has 0 spiro atoms.